The molecule has 0 rings (SSSR count). The lowest BCUT2D eigenvalue weighted by Crippen LogP contribution is -2.42. The van der Waals surface area contributed by atoms with Gasteiger partial charge in [-0.3, -0.25) is 4.79 Å². The number of methoxy groups -OCH3 is 1. The predicted octanol–water partition coefficient (Wildman–Crippen LogP) is 2.21. The number of hydrogen-bond donors (Lipinski definition) is 1. The third-order valence-electron chi connectivity index (χ3n) is 2.39. The van der Waals surface area contributed by atoms with E-state index in [1.165, 1.54) is 7.11 Å². The monoisotopic (exact) mass is 253 g/mol. The largest absolute Gasteiger partial charge is 0.467 e. The van der Waals surface area contributed by atoms with Gasteiger partial charge in [-0.05, 0) is 26.2 Å². The second kappa shape index (κ2) is 8.50. The summed E-state index contributed by atoms with van der Waals surface area (Å²) < 4.78 is 4.69. The Balaban J connectivity index is 4.67. The number of rotatable bonds is 6. The number of allylic oxidation sites excluding steroid dienone is 3. The number of nitrogens with one attached hydrogen (secondary N) is 1. The Labute approximate surface area is 109 Å². The Kier molecular flexibility index (Phi) is 7.76. The van der Waals surface area contributed by atoms with Crippen LogP contribution >= 0.6 is 0 Å². The Morgan fingerprint density at radius 3 is 2.39 bits per heavy atom. The van der Waals surface area contributed by atoms with Crippen LogP contribution in [0.5, 0.6) is 0 Å². The molecule has 0 fully saturated rings. The smallest absolute Gasteiger partial charge is 0.328 e. The maximum Gasteiger partial charge on any atom is 0.328 e. The molecule has 0 aliphatic rings. The SMILES string of the molecule is CC=CC=C(C)C(=O)NC(CC(C)C)C(=O)OC. The number of hydrogen-bond acceptors (Lipinski definition) is 3. The van der Waals surface area contributed by atoms with Crippen LogP contribution in [-0.2, 0) is 14.3 Å². The minimum Gasteiger partial charge on any atom is -0.467 e. The van der Waals surface area contributed by atoms with Gasteiger partial charge in [-0.25, -0.2) is 4.79 Å². The highest BCUT2D eigenvalue weighted by atomic mass is 16.5. The second-order valence-electron chi connectivity index (χ2n) is 4.55. The number of esters is 1. The molecule has 0 aliphatic heterocycles. The summed E-state index contributed by atoms with van der Waals surface area (Å²) in [4.78, 5) is 23.4. The van der Waals surface area contributed by atoms with Gasteiger partial charge < -0.3 is 10.1 Å². The molecule has 0 aromatic heterocycles. The molecular weight excluding hydrogens is 230 g/mol. The molecule has 0 saturated carbocycles. The third kappa shape index (κ3) is 6.23. The van der Waals surface area contributed by atoms with Gasteiger partial charge in [0.05, 0.1) is 7.11 Å². The van der Waals surface area contributed by atoms with Crippen LogP contribution in [-0.4, -0.2) is 25.0 Å². The quantitative estimate of drug-likeness (QED) is 0.448. The summed E-state index contributed by atoms with van der Waals surface area (Å²) in [5.74, 6) is -0.353. The molecule has 1 N–H and O–H groups in total. The Hall–Kier alpha value is -1.58. The summed E-state index contributed by atoms with van der Waals surface area (Å²) in [7, 11) is 1.32. The highest BCUT2D eigenvalue weighted by Gasteiger charge is 2.22. The fourth-order valence-electron chi connectivity index (χ4n) is 1.42. The van der Waals surface area contributed by atoms with Gasteiger partial charge in [0.2, 0.25) is 5.91 Å². The highest BCUT2D eigenvalue weighted by molar-refractivity contribution is 5.95. The van der Waals surface area contributed by atoms with Gasteiger partial charge in [0.25, 0.3) is 0 Å². The van der Waals surface area contributed by atoms with Crippen LogP contribution in [0, 0.1) is 5.92 Å². The molecule has 0 saturated heterocycles. The molecule has 0 heterocycles. The van der Waals surface area contributed by atoms with Gasteiger partial charge in [-0.2, -0.15) is 0 Å². The Morgan fingerprint density at radius 1 is 1.33 bits per heavy atom. The Bertz CT molecular complexity index is 343. The van der Waals surface area contributed by atoms with E-state index < -0.39 is 12.0 Å². The van der Waals surface area contributed by atoms with E-state index in [4.69, 9.17) is 0 Å². The summed E-state index contributed by atoms with van der Waals surface area (Å²) in [6.07, 6.45) is 5.89. The van der Waals surface area contributed by atoms with Crippen molar-refractivity contribution in [2.45, 2.75) is 40.2 Å². The number of carbonyl (C=O) groups excluding carboxylic acids is 2. The molecule has 1 atom stereocenters. The van der Waals surface area contributed by atoms with Crippen molar-refractivity contribution in [3.63, 3.8) is 0 Å². The number of ether oxygens (including phenoxy) is 1. The van der Waals surface area contributed by atoms with Crippen molar-refractivity contribution in [1.82, 2.24) is 5.32 Å². The first-order valence-electron chi connectivity index (χ1n) is 6.10. The summed E-state index contributed by atoms with van der Waals surface area (Å²) in [5.41, 5.74) is 0.561. The van der Waals surface area contributed by atoms with Crippen LogP contribution in [0.4, 0.5) is 0 Å². The minimum absolute atomic E-state index is 0.246. The van der Waals surface area contributed by atoms with Gasteiger partial charge in [-0.15, -0.1) is 0 Å². The predicted molar refractivity (Wildman–Crippen MR) is 72.0 cm³/mol. The zero-order valence-electron chi connectivity index (χ0n) is 11.8. The molecule has 0 aromatic rings. The second-order valence-corrected chi connectivity index (χ2v) is 4.55. The fourth-order valence-corrected chi connectivity index (χ4v) is 1.42. The maximum absolute atomic E-state index is 11.8. The van der Waals surface area contributed by atoms with Crippen LogP contribution in [0.1, 0.15) is 34.1 Å². The maximum atomic E-state index is 11.8. The molecule has 1 unspecified atom stereocenters. The molecule has 18 heavy (non-hydrogen) atoms. The molecular formula is C14H23NO3. The molecule has 4 heteroatoms. The molecule has 102 valence electrons. The van der Waals surface area contributed by atoms with Crippen LogP contribution in [0.2, 0.25) is 0 Å². The van der Waals surface area contributed by atoms with E-state index in [1.54, 1.807) is 19.1 Å². The minimum atomic E-state index is -0.587. The van der Waals surface area contributed by atoms with Crippen molar-refractivity contribution in [1.29, 1.82) is 0 Å². The van der Waals surface area contributed by atoms with Crippen molar-refractivity contribution in [3.05, 3.63) is 23.8 Å². The van der Waals surface area contributed by atoms with Crippen molar-refractivity contribution < 1.29 is 14.3 Å². The molecule has 0 aromatic carbocycles. The van der Waals surface area contributed by atoms with Gasteiger partial charge in [-0.1, -0.05) is 32.1 Å². The Morgan fingerprint density at radius 2 is 1.94 bits per heavy atom. The lowest BCUT2D eigenvalue weighted by Gasteiger charge is -2.18. The van der Waals surface area contributed by atoms with Crippen molar-refractivity contribution >= 4 is 11.9 Å². The number of carbonyl (C=O) groups is 2. The molecule has 1 amide bonds. The molecule has 0 aliphatic carbocycles. The van der Waals surface area contributed by atoms with E-state index in [-0.39, 0.29) is 5.91 Å². The molecule has 4 nitrogen and oxygen atoms in total. The van der Waals surface area contributed by atoms with E-state index in [1.807, 2.05) is 26.8 Å². The van der Waals surface area contributed by atoms with E-state index in [0.29, 0.717) is 17.9 Å². The van der Waals surface area contributed by atoms with Gasteiger partial charge >= 0.3 is 5.97 Å². The average molecular weight is 253 g/mol. The topological polar surface area (TPSA) is 55.4 Å². The number of amides is 1. The molecule has 0 bridgehead atoms. The van der Waals surface area contributed by atoms with Crippen molar-refractivity contribution in [2.24, 2.45) is 5.92 Å². The highest BCUT2D eigenvalue weighted by Crippen LogP contribution is 2.07. The van der Waals surface area contributed by atoms with E-state index in [9.17, 15) is 9.59 Å². The normalized spacial score (nSPS) is 13.8. The molecule has 0 spiro atoms. The van der Waals surface area contributed by atoms with Gasteiger partial charge in [0, 0.05) is 5.57 Å². The average Bonchev–Trinajstić information content (AvgIpc) is 2.33. The summed E-state index contributed by atoms with van der Waals surface area (Å²) in [5, 5.41) is 2.69. The summed E-state index contributed by atoms with van der Waals surface area (Å²) in [6, 6.07) is -0.587. The van der Waals surface area contributed by atoms with E-state index >= 15 is 0 Å². The van der Waals surface area contributed by atoms with Crippen LogP contribution in [0.15, 0.2) is 23.8 Å². The zero-order chi connectivity index (χ0) is 14.1. The first kappa shape index (κ1) is 16.4. The first-order chi connectivity index (χ1) is 8.42. The van der Waals surface area contributed by atoms with Gasteiger partial charge in [0.1, 0.15) is 6.04 Å². The van der Waals surface area contributed by atoms with E-state index in [2.05, 4.69) is 10.1 Å². The standard InChI is InChI=1S/C14H23NO3/c1-6-7-8-11(4)13(16)15-12(9-10(2)3)14(17)18-5/h6-8,10,12H,9H2,1-5H3,(H,15,16). The zero-order valence-corrected chi connectivity index (χ0v) is 11.8. The van der Waals surface area contributed by atoms with Crippen LogP contribution in [0.3, 0.4) is 0 Å². The summed E-state index contributed by atoms with van der Waals surface area (Å²) >= 11 is 0. The molecule has 0 radical (unpaired) electrons. The van der Waals surface area contributed by atoms with E-state index in [0.717, 1.165) is 0 Å². The lowest BCUT2D eigenvalue weighted by atomic mass is 10.0. The fraction of sp³-hybridized carbons (Fsp3) is 0.571. The van der Waals surface area contributed by atoms with Crippen molar-refractivity contribution in [2.75, 3.05) is 7.11 Å². The first-order valence-corrected chi connectivity index (χ1v) is 6.10. The van der Waals surface area contributed by atoms with Crippen LogP contribution < -0.4 is 5.32 Å². The van der Waals surface area contributed by atoms with Crippen molar-refractivity contribution in [3.8, 4) is 0 Å². The van der Waals surface area contributed by atoms with Gasteiger partial charge in [0.15, 0.2) is 0 Å². The lowest BCUT2D eigenvalue weighted by molar-refractivity contribution is -0.145. The third-order valence-corrected chi connectivity index (χ3v) is 2.39. The summed E-state index contributed by atoms with van der Waals surface area (Å²) in [6.45, 7) is 7.56. The van der Waals surface area contributed by atoms with Crippen LogP contribution in [0.25, 0.3) is 0 Å².